The smallest absolute Gasteiger partial charge is 0.407 e. The molecule has 7 nitrogen and oxygen atoms in total. The zero-order valence-corrected chi connectivity index (χ0v) is 18.8. The fraction of sp³-hybridized carbons (Fsp3) is 0.346. The maximum atomic E-state index is 13.0. The van der Waals surface area contributed by atoms with Crippen molar-refractivity contribution < 1.29 is 24.2 Å². The molecule has 2 N–H and O–H groups in total. The zero-order valence-electron chi connectivity index (χ0n) is 18.8. The van der Waals surface area contributed by atoms with Crippen LogP contribution < -0.4 is 5.32 Å². The van der Waals surface area contributed by atoms with E-state index in [4.69, 9.17) is 16.3 Å². The van der Waals surface area contributed by atoms with Crippen LogP contribution in [0.2, 0.25) is 0 Å². The van der Waals surface area contributed by atoms with Crippen LogP contribution in [0.3, 0.4) is 0 Å². The molecule has 2 amide bonds. The lowest BCUT2D eigenvalue weighted by Crippen LogP contribution is -2.53. The van der Waals surface area contributed by atoms with Gasteiger partial charge in [-0.15, -0.1) is 6.42 Å². The molecular weight excluding hydrogens is 420 g/mol. The Morgan fingerprint density at radius 1 is 1.12 bits per heavy atom. The largest absolute Gasteiger partial charge is 0.480 e. The van der Waals surface area contributed by atoms with E-state index in [-0.39, 0.29) is 25.0 Å². The van der Waals surface area contributed by atoms with Crippen LogP contribution in [0.1, 0.15) is 37.3 Å². The van der Waals surface area contributed by atoms with Gasteiger partial charge >= 0.3 is 12.1 Å². The van der Waals surface area contributed by atoms with Gasteiger partial charge in [-0.25, -0.2) is 4.79 Å². The summed E-state index contributed by atoms with van der Waals surface area (Å²) < 4.78 is 5.56. The molecule has 0 bridgehead atoms. The van der Waals surface area contributed by atoms with Gasteiger partial charge in [0.2, 0.25) is 5.91 Å². The van der Waals surface area contributed by atoms with Crippen LogP contribution >= 0.6 is 0 Å². The minimum Gasteiger partial charge on any atom is -0.480 e. The number of carboxylic acids is 1. The molecule has 0 radical (unpaired) electrons. The number of carbonyl (C=O) groups excluding carboxylic acids is 2. The highest BCUT2D eigenvalue weighted by Gasteiger charge is 2.33. The van der Waals surface area contributed by atoms with Crippen LogP contribution in [-0.2, 0) is 14.3 Å². The van der Waals surface area contributed by atoms with E-state index in [1.807, 2.05) is 55.5 Å². The van der Waals surface area contributed by atoms with E-state index >= 15 is 0 Å². The molecule has 33 heavy (non-hydrogen) atoms. The van der Waals surface area contributed by atoms with Crippen molar-refractivity contribution in [2.45, 2.75) is 32.2 Å². The molecule has 2 aromatic carbocycles. The van der Waals surface area contributed by atoms with Gasteiger partial charge in [-0.2, -0.15) is 0 Å². The summed E-state index contributed by atoms with van der Waals surface area (Å²) in [6.45, 7) is 3.10. The average molecular weight is 449 g/mol. The van der Waals surface area contributed by atoms with E-state index in [0.29, 0.717) is 6.42 Å². The maximum Gasteiger partial charge on any atom is 0.407 e. The highest BCUT2D eigenvalue weighted by atomic mass is 16.5. The number of hydrogen-bond acceptors (Lipinski definition) is 4. The number of aliphatic carboxylic acids is 1. The van der Waals surface area contributed by atoms with Crippen LogP contribution in [0.15, 0.2) is 48.5 Å². The first-order chi connectivity index (χ1) is 15.9. The number of rotatable bonds is 9. The van der Waals surface area contributed by atoms with Crippen LogP contribution in [-0.4, -0.2) is 53.7 Å². The summed E-state index contributed by atoms with van der Waals surface area (Å²) in [6, 6.07) is 15.1. The molecule has 0 aromatic heterocycles. The Kier molecular flexibility index (Phi) is 7.73. The van der Waals surface area contributed by atoms with E-state index in [0.717, 1.165) is 27.2 Å². The molecule has 0 spiro atoms. The predicted octanol–water partition coefficient (Wildman–Crippen LogP) is 3.49. The number of alkyl carbamates (subject to hydrolysis) is 1. The fourth-order valence-corrected chi connectivity index (χ4v) is 4.13. The monoisotopic (exact) mass is 448 g/mol. The number of nitrogens with one attached hydrogen (secondary N) is 1. The molecular formula is C26H28N2O5. The zero-order chi connectivity index (χ0) is 24.0. The van der Waals surface area contributed by atoms with Gasteiger partial charge in [0.1, 0.15) is 19.2 Å². The highest BCUT2D eigenvalue weighted by molar-refractivity contribution is 5.88. The Morgan fingerprint density at radius 3 is 2.21 bits per heavy atom. The fourth-order valence-electron chi connectivity index (χ4n) is 4.13. The number of hydrogen-bond donors (Lipinski definition) is 2. The molecule has 1 aliphatic carbocycles. The van der Waals surface area contributed by atoms with Crippen molar-refractivity contribution in [2.24, 2.45) is 5.92 Å². The molecule has 0 fully saturated rings. The minimum atomic E-state index is -1.18. The molecule has 2 unspecified atom stereocenters. The van der Waals surface area contributed by atoms with E-state index in [1.165, 1.54) is 0 Å². The summed E-state index contributed by atoms with van der Waals surface area (Å²) in [5.74, 6) is 0.227. The van der Waals surface area contributed by atoms with Gasteiger partial charge < -0.3 is 20.1 Å². The molecule has 0 saturated heterocycles. The van der Waals surface area contributed by atoms with Crippen LogP contribution in [0.5, 0.6) is 0 Å². The summed E-state index contributed by atoms with van der Waals surface area (Å²) in [5.41, 5.74) is 4.41. The lowest BCUT2D eigenvalue weighted by molar-refractivity contribution is -0.145. The lowest BCUT2D eigenvalue weighted by atomic mass is 9.97. The lowest BCUT2D eigenvalue weighted by Gasteiger charge is -2.28. The van der Waals surface area contributed by atoms with Crippen molar-refractivity contribution in [3.05, 3.63) is 59.7 Å². The van der Waals surface area contributed by atoms with Crippen molar-refractivity contribution in [2.75, 3.05) is 19.7 Å². The van der Waals surface area contributed by atoms with Crippen molar-refractivity contribution in [3.8, 4) is 23.5 Å². The first kappa shape index (κ1) is 23.9. The van der Waals surface area contributed by atoms with Gasteiger partial charge in [-0.3, -0.25) is 9.59 Å². The predicted molar refractivity (Wildman–Crippen MR) is 124 cm³/mol. The summed E-state index contributed by atoms with van der Waals surface area (Å²) in [4.78, 5) is 37.9. The molecule has 7 heteroatoms. The molecule has 172 valence electrons. The van der Waals surface area contributed by atoms with E-state index < -0.39 is 30.6 Å². The Hall–Kier alpha value is -3.79. The molecule has 0 saturated carbocycles. The van der Waals surface area contributed by atoms with Gasteiger partial charge in [0, 0.05) is 5.92 Å². The number of carboxylic acid groups (broad SMARTS) is 1. The molecule has 2 atom stereocenters. The maximum absolute atomic E-state index is 13.0. The van der Waals surface area contributed by atoms with Gasteiger partial charge in [0.25, 0.3) is 0 Å². The second kappa shape index (κ2) is 10.7. The number of ether oxygens (including phenoxy) is 1. The van der Waals surface area contributed by atoms with Gasteiger partial charge in [0.05, 0.1) is 6.54 Å². The second-order valence-corrected chi connectivity index (χ2v) is 8.13. The number of nitrogens with zero attached hydrogens (tertiary/aromatic N) is 1. The molecule has 1 aliphatic rings. The normalized spacial score (nSPS) is 13.7. The summed E-state index contributed by atoms with van der Waals surface area (Å²) in [5, 5.41) is 11.7. The molecule has 2 aromatic rings. The minimum absolute atomic E-state index is 0.106. The Bertz CT molecular complexity index is 1030. The van der Waals surface area contributed by atoms with Crippen LogP contribution in [0, 0.1) is 18.3 Å². The number of fused-ring (bicyclic) bond motifs is 3. The van der Waals surface area contributed by atoms with Crippen molar-refractivity contribution in [1.82, 2.24) is 10.2 Å². The Morgan fingerprint density at radius 2 is 1.70 bits per heavy atom. The first-order valence-corrected chi connectivity index (χ1v) is 10.9. The summed E-state index contributed by atoms with van der Waals surface area (Å²) in [7, 11) is 0. The van der Waals surface area contributed by atoms with Gasteiger partial charge in [-0.05, 0) is 28.2 Å². The number of terminal acetylenes is 1. The standard InChI is InChI=1S/C26H28N2O5/c1-4-14-28(15-23(29)30)25(31)24(17(3)5-2)27-26(32)33-16-22-20-12-8-6-10-18(20)19-11-7-9-13-21(19)22/h1,6-13,17,22,24H,5,14-16H2,2-3H3,(H,27,32)(H,29,30). The van der Waals surface area contributed by atoms with E-state index in [1.54, 1.807) is 6.92 Å². The topological polar surface area (TPSA) is 95.9 Å². The molecule has 3 rings (SSSR count). The Labute approximate surface area is 193 Å². The second-order valence-electron chi connectivity index (χ2n) is 8.13. The SMILES string of the molecule is C#CCN(CC(=O)O)C(=O)C(NC(=O)OCC1c2ccccc2-c2ccccc21)C(C)CC. The van der Waals surface area contributed by atoms with Crippen molar-refractivity contribution >= 4 is 18.0 Å². The first-order valence-electron chi connectivity index (χ1n) is 10.9. The van der Waals surface area contributed by atoms with Crippen molar-refractivity contribution in [3.63, 3.8) is 0 Å². The Balaban J connectivity index is 1.72. The van der Waals surface area contributed by atoms with E-state index in [2.05, 4.69) is 11.2 Å². The van der Waals surface area contributed by atoms with Gasteiger partial charge in [-0.1, -0.05) is 74.7 Å². The molecule has 0 aliphatic heterocycles. The summed E-state index contributed by atoms with van der Waals surface area (Å²) in [6.07, 6.45) is 5.16. The number of carbonyl (C=O) groups is 3. The third-order valence-electron chi connectivity index (χ3n) is 6.02. The molecule has 0 heterocycles. The summed E-state index contributed by atoms with van der Waals surface area (Å²) >= 11 is 0. The third-order valence-corrected chi connectivity index (χ3v) is 6.02. The quantitative estimate of drug-likeness (QED) is 0.573. The third kappa shape index (κ3) is 5.35. The average Bonchev–Trinajstić information content (AvgIpc) is 3.13. The van der Waals surface area contributed by atoms with Gasteiger partial charge in [0.15, 0.2) is 0 Å². The highest BCUT2D eigenvalue weighted by Crippen LogP contribution is 2.44. The van der Waals surface area contributed by atoms with E-state index in [9.17, 15) is 14.4 Å². The van der Waals surface area contributed by atoms with Crippen LogP contribution in [0.25, 0.3) is 11.1 Å². The number of benzene rings is 2. The number of amides is 2. The van der Waals surface area contributed by atoms with Crippen LogP contribution in [0.4, 0.5) is 4.79 Å². The van der Waals surface area contributed by atoms with Crippen molar-refractivity contribution in [1.29, 1.82) is 0 Å².